The predicted molar refractivity (Wildman–Crippen MR) is 70.8 cm³/mol. The molecule has 2 N–H and O–H groups in total. The van der Waals surface area contributed by atoms with Crippen LogP contribution in [0.1, 0.15) is 39.0 Å². The predicted octanol–water partition coefficient (Wildman–Crippen LogP) is 0.697. The molecule has 2 rings (SSSR count). The Bertz CT molecular complexity index is 366. The van der Waals surface area contributed by atoms with Crippen LogP contribution in [0.15, 0.2) is 0 Å². The molecule has 0 aromatic carbocycles. The molecule has 0 saturated carbocycles. The summed E-state index contributed by atoms with van der Waals surface area (Å²) in [6.07, 6.45) is 4.14. The largest absolute Gasteiger partial charge is 0.381 e. The van der Waals surface area contributed by atoms with Crippen LogP contribution in [0.2, 0.25) is 0 Å². The summed E-state index contributed by atoms with van der Waals surface area (Å²) >= 11 is 0. The van der Waals surface area contributed by atoms with Crippen LogP contribution in [0.5, 0.6) is 0 Å². The molecule has 0 aliphatic carbocycles. The Kier molecular flexibility index (Phi) is 4.64. The quantitative estimate of drug-likeness (QED) is 0.823. The van der Waals surface area contributed by atoms with Crippen LogP contribution in [0.4, 0.5) is 0 Å². The molecular weight excluding hydrogens is 252 g/mol. The fraction of sp³-hybridized carbons (Fsp3) is 1.00. The maximum Gasteiger partial charge on any atom is 0.217 e. The Morgan fingerprint density at radius 2 is 1.89 bits per heavy atom. The van der Waals surface area contributed by atoms with Gasteiger partial charge in [0.2, 0.25) is 10.0 Å². The van der Waals surface area contributed by atoms with E-state index in [9.17, 15) is 8.42 Å². The molecule has 2 aliphatic rings. The van der Waals surface area contributed by atoms with Gasteiger partial charge in [0.05, 0.1) is 5.25 Å². The van der Waals surface area contributed by atoms with Gasteiger partial charge in [0.1, 0.15) is 0 Å². The van der Waals surface area contributed by atoms with Crippen molar-refractivity contribution >= 4 is 10.0 Å². The number of rotatable bonds is 3. The number of nitrogens with two attached hydrogens (primary N) is 1. The minimum atomic E-state index is -3.22. The number of sulfonamides is 1. The fourth-order valence-corrected chi connectivity index (χ4v) is 5.44. The molecule has 2 heterocycles. The van der Waals surface area contributed by atoms with Gasteiger partial charge in [0.15, 0.2) is 0 Å². The minimum absolute atomic E-state index is 0.0124. The molecule has 0 radical (unpaired) electrons. The summed E-state index contributed by atoms with van der Waals surface area (Å²) in [5, 5.41) is -0.277. The lowest BCUT2D eigenvalue weighted by atomic mass is 10.00. The highest BCUT2D eigenvalue weighted by Gasteiger charge is 2.41. The van der Waals surface area contributed by atoms with Crippen LogP contribution in [0.25, 0.3) is 0 Å². The molecule has 0 amide bonds. The van der Waals surface area contributed by atoms with E-state index in [4.69, 9.17) is 10.5 Å². The van der Waals surface area contributed by atoms with Crippen LogP contribution < -0.4 is 5.73 Å². The van der Waals surface area contributed by atoms with Crippen molar-refractivity contribution in [2.75, 3.05) is 19.8 Å². The molecule has 5 nitrogen and oxygen atoms in total. The Morgan fingerprint density at radius 3 is 2.50 bits per heavy atom. The van der Waals surface area contributed by atoms with Gasteiger partial charge in [-0.05, 0) is 32.6 Å². The molecule has 6 heteroatoms. The number of hydrogen-bond donors (Lipinski definition) is 1. The zero-order valence-electron chi connectivity index (χ0n) is 11.0. The zero-order valence-corrected chi connectivity index (χ0v) is 11.9. The van der Waals surface area contributed by atoms with Gasteiger partial charge in [-0.15, -0.1) is 0 Å². The Labute approximate surface area is 110 Å². The van der Waals surface area contributed by atoms with E-state index in [1.165, 1.54) is 0 Å². The van der Waals surface area contributed by atoms with Gasteiger partial charge in [-0.1, -0.05) is 6.42 Å². The molecule has 0 bridgehead atoms. The van der Waals surface area contributed by atoms with Crippen LogP contribution in [-0.4, -0.2) is 49.8 Å². The van der Waals surface area contributed by atoms with Gasteiger partial charge in [-0.2, -0.15) is 4.31 Å². The first kappa shape index (κ1) is 14.2. The van der Waals surface area contributed by atoms with Gasteiger partial charge in [0.25, 0.3) is 0 Å². The van der Waals surface area contributed by atoms with Crippen LogP contribution in [-0.2, 0) is 14.8 Å². The lowest BCUT2D eigenvalue weighted by Crippen LogP contribution is -2.55. The second-order valence-corrected chi connectivity index (χ2v) is 7.47. The summed E-state index contributed by atoms with van der Waals surface area (Å²) in [4.78, 5) is 0. The van der Waals surface area contributed by atoms with Crippen LogP contribution in [0.3, 0.4) is 0 Å². The second-order valence-electron chi connectivity index (χ2n) is 5.36. The normalized spacial score (nSPS) is 32.6. The lowest BCUT2D eigenvalue weighted by Gasteiger charge is -2.41. The topological polar surface area (TPSA) is 72.6 Å². The van der Waals surface area contributed by atoms with Crippen molar-refractivity contribution in [3.8, 4) is 0 Å². The third-order valence-electron chi connectivity index (χ3n) is 4.11. The van der Waals surface area contributed by atoms with Gasteiger partial charge in [0, 0.05) is 31.8 Å². The fourth-order valence-electron chi connectivity index (χ4n) is 3.09. The molecule has 2 saturated heterocycles. The first-order chi connectivity index (χ1) is 8.57. The smallest absolute Gasteiger partial charge is 0.217 e. The van der Waals surface area contributed by atoms with E-state index in [0.29, 0.717) is 32.6 Å². The summed E-state index contributed by atoms with van der Waals surface area (Å²) in [7, 11) is -3.22. The molecule has 2 aliphatic heterocycles. The molecular formula is C12H24N2O3S. The van der Waals surface area contributed by atoms with Gasteiger partial charge in [-0.25, -0.2) is 8.42 Å². The average Bonchev–Trinajstić information content (AvgIpc) is 2.39. The monoisotopic (exact) mass is 276 g/mol. The molecule has 106 valence electrons. The first-order valence-corrected chi connectivity index (χ1v) is 8.38. The number of ether oxygens (including phenoxy) is 1. The van der Waals surface area contributed by atoms with Crippen molar-refractivity contribution in [2.24, 2.45) is 5.73 Å². The van der Waals surface area contributed by atoms with E-state index in [0.717, 1.165) is 19.3 Å². The molecule has 0 aromatic rings. The van der Waals surface area contributed by atoms with Crippen LogP contribution in [0, 0.1) is 0 Å². The summed E-state index contributed by atoms with van der Waals surface area (Å²) in [5.41, 5.74) is 5.75. The summed E-state index contributed by atoms with van der Waals surface area (Å²) in [6, 6.07) is 0.0711. The molecule has 0 spiro atoms. The molecule has 18 heavy (non-hydrogen) atoms. The Balaban J connectivity index is 2.19. The highest BCUT2D eigenvalue weighted by atomic mass is 32.2. The third kappa shape index (κ3) is 2.71. The average molecular weight is 276 g/mol. The van der Waals surface area contributed by atoms with E-state index in [-0.39, 0.29) is 17.3 Å². The number of hydrogen-bond acceptors (Lipinski definition) is 4. The van der Waals surface area contributed by atoms with Crippen molar-refractivity contribution in [2.45, 2.75) is 56.4 Å². The Morgan fingerprint density at radius 1 is 1.22 bits per heavy atom. The van der Waals surface area contributed by atoms with Crippen molar-refractivity contribution in [3.05, 3.63) is 0 Å². The highest BCUT2D eigenvalue weighted by Crippen LogP contribution is 2.30. The standard InChI is InChI=1S/C12H24N2O3S/c1-10-3-2-4-11(9-13)14(10)18(15,16)12-5-7-17-8-6-12/h10-12H,2-9,13H2,1H3. The van der Waals surface area contributed by atoms with E-state index in [1.807, 2.05) is 6.92 Å². The first-order valence-electron chi connectivity index (χ1n) is 6.87. The molecule has 0 aromatic heterocycles. The maximum absolute atomic E-state index is 12.7. The van der Waals surface area contributed by atoms with Crippen molar-refractivity contribution in [1.29, 1.82) is 0 Å². The molecule has 2 atom stereocenters. The lowest BCUT2D eigenvalue weighted by molar-refractivity contribution is 0.0951. The third-order valence-corrected chi connectivity index (χ3v) is 6.67. The Hall–Kier alpha value is -0.170. The molecule has 2 unspecified atom stereocenters. The SMILES string of the molecule is CC1CCCC(CN)N1S(=O)(=O)C1CCOCC1. The van der Waals surface area contributed by atoms with Crippen molar-refractivity contribution < 1.29 is 13.2 Å². The van der Waals surface area contributed by atoms with Gasteiger partial charge < -0.3 is 10.5 Å². The van der Waals surface area contributed by atoms with E-state index in [1.54, 1.807) is 4.31 Å². The number of nitrogens with zero attached hydrogens (tertiary/aromatic N) is 1. The zero-order chi connectivity index (χ0) is 13.2. The van der Waals surface area contributed by atoms with E-state index < -0.39 is 10.0 Å². The molecule has 2 fully saturated rings. The second kappa shape index (κ2) is 5.86. The summed E-state index contributed by atoms with van der Waals surface area (Å²) in [6.45, 7) is 3.53. The van der Waals surface area contributed by atoms with Crippen molar-refractivity contribution in [1.82, 2.24) is 4.31 Å². The van der Waals surface area contributed by atoms with E-state index >= 15 is 0 Å². The van der Waals surface area contributed by atoms with E-state index in [2.05, 4.69) is 0 Å². The van der Waals surface area contributed by atoms with Gasteiger partial charge in [-0.3, -0.25) is 0 Å². The summed E-state index contributed by atoms with van der Waals surface area (Å²) in [5.74, 6) is 0. The maximum atomic E-state index is 12.7. The number of piperidine rings is 1. The van der Waals surface area contributed by atoms with Crippen molar-refractivity contribution in [3.63, 3.8) is 0 Å². The highest BCUT2D eigenvalue weighted by molar-refractivity contribution is 7.89. The van der Waals surface area contributed by atoms with Crippen LogP contribution >= 0.6 is 0 Å². The minimum Gasteiger partial charge on any atom is -0.381 e. The van der Waals surface area contributed by atoms with Gasteiger partial charge >= 0.3 is 0 Å². The summed E-state index contributed by atoms with van der Waals surface area (Å²) < 4.78 is 32.4.